The molecule has 2 aromatic heterocycles. The molecule has 2 aliphatic rings. The van der Waals surface area contributed by atoms with Gasteiger partial charge < -0.3 is 20.9 Å². The predicted octanol–water partition coefficient (Wildman–Crippen LogP) is 3.65. The van der Waals surface area contributed by atoms with Gasteiger partial charge in [-0.15, -0.1) is 0 Å². The van der Waals surface area contributed by atoms with Gasteiger partial charge in [0.15, 0.2) is 0 Å². The fourth-order valence-corrected chi connectivity index (χ4v) is 3.83. The Balaban J connectivity index is 0.000000325. The number of hydrogen-bond acceptors (Lipinski definition) is 6. The highest BCUT2D eigenvalue weighted by Gasteiger charge is 2.43. The van der Waals surface area contributed by atoms with E-state index in [0.717, 1.165) is 56.7 Å². The average Bonchev–Trinajstić information content (AvgIpc) is 3.53. The number of amides is 1. The summed E-state index contributed by atoms with van der Waals surface area (Å²) in [5, 5.41) is 16.5. The molecule has 11 heteroatoms. The number of halogens is 3. The monoisotopic (exact) mass is 503 g/mol. The highest BCUT2D eigenvalue weighted by atomic mass is 19.1. The van der Waals surface area contributed by atoms with Crippen LogP contribution in [0.5, 0.6) is 0 Å². The zero-order valence-corrected chi connectivity index (χ0v) is 19.8. The first-order valence-corrected chi connectivity index (χ1v) is 11.7. The molecule has 1 saturated carbocycles. The highest BCUT2D eigenvalue weighted by Crippen LogP contribution is 2.46. The van der Waals surface area contributed by atoms with E-state index < -0.39 is 40.2 Å². The molecular weight excluding hydrogens is 475 g/mol. The van der Waals surface area contributed by atoms with Crippen LogP contribution in [-0.4, -0.2) is 45.0 Å². The van der Waals surface area contributed by atoms with Gasteiger partial charge in [-0.3, -0.25) is 9.48 Å². The van der Waals surface area contributed by atoms with E-state index in [0.29, 0.717) is 24.6 Å². The molecule has 0 radical (unpaired) electrons. The van der Waals surface area contributed by atoms with Gasteiger partial charge in [-0.2, -0.15) is 5.10 Å². The number of aliphatic hydroxyl groups is 1. The zero-order valence-electron chi connectivity index (χ0n) is 19.8. The third-order valence-electron chi connectivity index (χ3n) is 6.08. The summed E-state index contributed by atoms with van der Waals surface area (Å²) < 4.78 is 50.0. The Kier molecular flexibility index (Phi) is 7.72. The second-order valence-corrected chi connectivity index (χ2v) is 9.03. The van der Waals surface area contributed by atoms with Gasteiger partial charge in [-0.05, 0) is 61.9 Å². The molecule has 3 heterocycles. The number of aromatic nitrogens is 3. The van der Waals surface area contributed by atoms with Crippen LogP contribution < -0.4 is 11.1 Å². The third kappa shape index (κ3) is 6.10. The summed E-state index contributed by atoms with van der Waals surface area (Å²) in [5.41, 5.74) is 3.37. The lowest BCUT2D eigenvalue weighted by Crippen LogP contribution is -2.19. The normalized spacial score (nSPS) is 18.6. The fourth-order valence-electron chi connectivity index (χ4n) is 3.83. The molecule has 1 amide bonds. The van der Waals surface area contributed by atoms with E-state index >= 15 is 0 Å². The number of ether oxygens (including phenoxy) is 1. The van der Waals surface area contributed by atoms with E-state index in [-0.39, 0.29) is 11.3 Å². The molecule has 1 saturated heterocycles. The summed E-state index contributed by atoms with van der Waals surface area (Å²) in [6.07, 6.45) is 7.08. The van der Waals surface area contributed by atoms with E-state index in [1.807, 2.05) is 0 Å². The van der Waals surface area contributed by atoms with E-state index in [1.54, 1.807) is 13.2 Å². The molecule has 1 atom stereocenters. The van der Waals surface area contributed by atoms with Crippen LogP contribution in [0.1, 0.15) is 48.2 Å². The Labute approximate surface area is 206 Å². The van der Waals surface area contributed by atoms with Crippen LogP contribution in [0.2, 0.25) is 0 Å². The quantitative estimate of drug-likeness (QED) is 0.501. The van der Waals surface area contributed by atoms with Crippen molar-refractivity contribution in [3.05, 3.63) is 65.4 Å². The molecule has 1 aromatic carbocycles. The molecule has 0 spiro atoms. The van der Waals surface area contributed by atoms with Crippen molar-refractivity contribution in [3.63, 3.8) is 0 Å². The van der Waals surface area contributed by atoms with Crippen molar-refractivity contribution in [1.29, 1.82) is 0 Å². The Morgan fingerprint density at radius 3 is 2.53 bits per heavy atom. The van der Waals surface area contributed by atoms with Crippen LogP contribution >= 0.6 is 0 Å². The molecule has 36 heavy (non-hydrogen) atoms. The summed E-state index contributed by atoms with van der Waals surface area (Å²) in [5.74, 6) is -3.79. The summed E-state index contributed by atoms with van der Waals surface area (Å²) in [6, 6.07) is 4.37. The topological polar surface area (TPSA) is 115 Å². The van der Waals surface area contributed by atoms with E-state index in [2.05, 4.69) is 15.4 Å². The van der Waals surface area contributed by atoms with E-state index in [9.17, 15) is 23.1 Å². The van der Waals surface area contributed by atoms with Gasteiger partial charge in [-0.25, -0.2) is 18.2 Å². The minimum Gasteiger partial charge on any atom is -0.385 e. The van der Waals surface area contributed by atoms with Crippen LogP contribution in [0.3, 0.4) is 0 Å². The Hall–Kier alpha value is -3.28. The number of aryl methyl sites for hydroxylation is 1. The van der Waals surface area contributed by atoms with Crippen LogP contribution in [0.4, 0.5) is 18.9 Å². The largest absolute Gasteiger partial charge is 0.385 e. The number of pyridine rings is 1. The van der Waals surface area contributed by atoms with Gasteiger partial charge in [0.05, 0.1) is 23.0 Å². The summed E-state index contributed by atoms with van der Waals surface area (Å²) >= 11 is 0. The maximum atomic E-state index is 14.5. The van der Waals surface area contributed by atoms with Gasteiger partial charge in [0.2, 0.25) is 0 Å². The molecule has 8 nitrogen and oxygen atoms in total. The average molecular weight is 504 g/mol. The van der Waals surface area contributed by atoms with Crippen molar-refractivity contribution in [2.75, 3.05) is 18.5 Å². The van der Waals surface area contributed by atoms with Crippen molar-refractivity contribution in [1.82, 2.24) is 14.8 Å². The number of nitrogens with zero attached hydrogens (tertiary/aromatic N) is 3. The lowest BCUT2D eigenvalue weighted by atomic mass is 10.0. The number of benzene rings is 1. The van der Waals surface area contributed by atoms with E-state index in [4.69, 9.17) is 10.5 Å². The van der Waals surface area contributed by atoms with E-state index in [1.165, 1.54) is 10.9 Å². The summed E-state index contributed by atoms with van der Waals surface area (Å²) in [4.78, 5) is 16.1. The minimum atomic E-state index is -1.24. The van der Waals surface area contributed by atoms with Gasteiger partial charge in [-0.1, -0.05) is 0 Å². The van der Waals surface area contributed by atoms with Gasteiger partial charge in [0.1, 0.15) is 28.8 Å². The van der Waals surface area contributed by atoms with Crippen molar-refractivity contribution >= 4 is 11.6 Å². The first-order chi connectivity index (χ1) is 17.2. The predicted molar refractivity (Wildman–Crippen MR) is 126 cm³/mol. The van der Waals surface area contributed by atoms with Crippen LogP contribution in [-0.2, 0) is 17.4 Å². The van der Waals surface area contributed by atoms with Gasteiger partial charge >= 0.3 is 0 Å². The first-order valence-electron chi connectivity index (χ1n) is 11.7. The van der Waals surface area contributed by atoms with Crippen LogP contribution in [0.15, 0.2) is 36.7 Å². The maximum absolute atomic E-state index is 14.5. The summed E-state index contributed by atoms with van der Waals surface area (Å²) in [7, 11) is 1.66. The second-order valence-electron chi connectivity index (χ2n) is 9.03. The summed E-state index contributed by atoms with van der Waals surface area (Å²) in [6.45, 7) is 1.77. The molecule has 192 valence electrons. The molecule has 1 aliphatic carbocycles. The number of rotatable bonds is 4. The standard InChI is InChI=1S/C19H15F3N4O2.C6H13NO/c1-26-9-11(8-23-26)24-18(27)15-3-2-12(20)17(25-15)16-13(21)6-10(7-14(16)22)19(28)4-5-19;7-6-2-1-4-8-5-3-6/h2-3,6-9,28H,4-5H2,1H3,(H,24,27);6H,1-5,7H2. The minimum absolute atomic E-state index is 0.0946. The van der Waals surface area contributed by atoms with Gasteiger partial charge in [0, 0.05) is 32.5 Å². The molecule has 4 N–H and O–H groups in total. The first kappa shape index (κ1) is 25.8. The Bertz CT molecular complexity index is 1210. The SMILES string of the molecule is Cn1cc(NC(=O)c2ccc(F)c(-c3c(F)cc(C4(O)CC4)cc3F)n2)cn1.NC1CCCOCC1. The third-order valence-corrected chi connectivity index (χ3v) is 6.08. The van der Waals surface area contributed by atoms with Gasteiger partial charge in [0.25, 0.3) is 5.91 Å². The molecule has 1 aliphatic heterocycles. The zero-order chi connectivity index (χ0) is 25.9. The van der Waals surface area contributed by atoms with Crippen molar-refractivity contribution in [3.8, 4) is 11.3 Å². The molecule has 3 aromatic rings. The highest BCUT2D eigenvalue weighted by molar-refractivity contribution is 6.03. The number of carbonyl (C=O) groups is 1. The number of nitrogens with two attached hydrogens (primary N) is 1. The van der Waals surface area contributed by atoms with Crippen molar-refractivity contribution in [2.24, 2.45) is 12.8 Å². The Morgan fingerprint density at radius 2 is 1.89 bits per heavy atom. The van der Waals surface area contributed by atoms with Crippen molar-refractivity contribution in [2.45, 2.75) is 43.7 Å². The van der Waals surface area contributed by atoms with Crippen molar-refractivity contribution < 1.29 is 27.8 Å². The number of anilines is 1. The second kappa shape index (κ2) is 10.8. The lowest BCUT2D eigenvalue weighted by Gasteiger charge is -2.13. The molecule has 1 unspecified atom stereocenters. The maximum Gasteiger partial charge on any atom is 0.274 e. The number of carbonyl (C=O) groups excluding carboxylic acids is 1. The fraction of sp³-hybridized carbons (Fsp3) is 0.400. The van der Waals surface area contributed by atoms with Crippen LogP contribution in [0.25, 0.3) is 11.3 Å². The molecule has 2 fully saturated rings. The number of nitrogens with one attached hydrogen (secondary N) is 1. The Morgan fingerprint density at radius 1 is 1.17 bits per heavy atom. The molecular formula is C25H28F3N5O3. The smallest absolute Gasteiger partial charge is 0.274 e. The van der Waals surface area contributed by atoms with Crippen LogP contribution in [0, 0.1) is 17.5 Å². The lowest BCUT2D eigenvalue weighted by molar-refractivity contribution is 0.102. The number of hydrogen-bond donors (Lipinski definition) is 3. The molecule has 0 bridgehead atoms. The molecule has 5 rings (SSSR count).